The van der Waals surface area contributed by atoms with Crippen LogP contribution in [0.5, 0.6) is 5.75 Å². The Kier molecular flexibility index (Phi) is 2.90. The van der Waals surface area contributed by atoms with Crippen LogP contribution in [0.25, 0.3) is 10.8 Å². The fraction of sp³-hybridized carbons (Fsp3) is 0.312. The van der Waals surface area contributed by atoms with Gasteiger partial charge in [-0.3, -0.25) is 4.79 Å². The van der Waals surface area contributed by atoms with Gasteiger partial charge in [0.15, 0.2) is 0 Å². The highest BCUT2D eigenvalue weighted by Crippen LogP contribution is 2.38. The third-order valence-electron chi connectivity index (χ3n) is 3.88. The van der Waals surface area contributed by atoms with Crippen molar-refractivity contribution in [2.45, 2.75) is 19.3 Å². The predicted octanol–water partition coefficient (Wildman–Crippen LogP) is 3.04. The minimum atomic E-state index is -0.726. The molecule has 1 aliphatic rings. The lowest BCUT2D eigenvalue weighted by molar-refractivity contribution is -0.138. The van der Waals surface area contributed by atoms with Crippen molar-refractivity contribution in [3.63, 3.8) is 0 Å². The topological polar surface area (TPSA) is 46.5 Å². The second kappa shape index (κ2) is 4.57. The van der Waals surface area contributed by atoms with E-state index in [9.17, 15) is 4.79 Å². The molecule has 0 spiro atoms. The number of hydrogen-bond donors (Lipinski definition) is 1. The van der Waals surface area contributed by atoms with Gasteiger partial charge in [-0.25, -0.2) is 0 Å². The van der Waals surface area contributed by atoms with Gasteiger partial charge in [0.25, 0.3) is 0 Å². The summed E-state index contributed by atoms with van der Waals surface area (Å²) < 4.78 is 5.44. The number of methoxy groups -OCH3 is 1. The summed E-state index contributed by atoms with van der Waals surface area (Å²) in [5, 5.41) is 11.5. The zero-order chi connectivity index (χ0) is 13.4. The van der Waals surface area contributed by atoms with Gasteiger partial charge in [-0.1, -0.05) is 24.3 Å². The Morgan fingerprint density at radius 3 is 2.89 bits per heavy atom. The lowest BCUT2D eigenvalue weighted by Gasteiger charge is -2.25. The summed E-state index contributed by atoms with van der Waals surface area (Å²) in [7, 11) is 1.67. The normalized spacial score (nSPS) is 17.4. The molecule has 3 nitrogen and oxygen atoms in total. The summed E-state index contributed by atoms with van der Waals surface area (Å²) in [4.78, 5) is 10.9. The summed E-state index contributed by atoms with van der Waals surface area (Å²) in [5.74, 6) is 0.303. The molecule has 0 bridgehead atoms. The van der Waals surface area contributed by atoms with Crippen molar-refractivity contribution in [2.75, 3.05) is 7.11 Å². The van der Waals surface area contributed by atoms with E-state index in [4.69, 9.17) is 9.84 Å². The molecular formula is C16H16O3. The van der Waals surface area contributed by atoms with Crippen molar-refractivity contribution in [2.24, 2.45) is 5.92 Å². The van der Waals surface area contributed by atoms with Crippen LogP contribution >= 0.6 is 0 Å². The number of ether oxygens (including phenoxy) is 1. The number of rotatable bonds is 3. The Morgan fingerprint density at radius 2 is 2.16 bits per heavy atom. The molecule has 0 aromatic heterocycles. The van der Waals surface area contributed by atoms with E-state index in [0.717, 1.165) is 24.2 Å². The highest BCUT2D eigenvalue weighted by atomic mass is 16.5. The first-order chi connectivity index (χ1) is 9.19. The van der Waals surface area contributed by atoms with Crippen molar-refractivity contribution < 1.29 is 14.6 Å². The summed E-state index contributed by atoms with van der Waals surface area (Å²) in [5.41, 5.74) is 2.40. The molecule has 1 aliphatic carbocycles. The molecule has 3 heteroatoms. The van der Waals surface area contributed by atoms with Gasteiger partial charge in [-0.05, 0) is 41.2 Å². The van der Waals surface area contributed by atoms with Crippen molar-refractivity contribution in [3.05, 3.63) is 41.5 Å². The smallest absolute Gasteiger partial charge is 0.303 e. The van der Waals surface area contributed by atoms with E-state index in [-0.39, 0.29) is 12.3 Å². The number of carbonyl (C=O) groups is 1. The highest BCUT2D eigenvalue weighted by molar-refractivity contribution is 5.91. The quantitative estimate of drug-likeness (QED) is 0.918. The van der Waals surface area contributed by atoms with E-state index < -0.39 is 5.97 Å². The largest absolute Gasteiger partial charge is 0.496 e. The third kappa shape index (κ3) is 2.05. The van der Waals surface area contributed by atoms with E-state index in [0.29, 0.717) is 0 Å². The molecule has 0 amide bonds. The Balaban J connectivity index is 2.14. The lowest BCUT2D eigenvalue weighted by atomic mass is 9.80. The summed E-state index contributed by atoms with van der Waals surface area (Å²) in [6, 6.07) is 10.3. The molecule has 2 aromatic carbocycles. The first-order valence-electron chi connectivity index (χ1n) is 6.48. The highest BCUT2D eigenvalue weighted by Gasteiger charge is 2.24. The molecular weight excluding hydrogens is 240 g/mol. The Bertz CT molecular complexity index is 646. The summed E-state index contributed by atoms with van der Waals surface area (Å²) in [6.45, 7) is 0. The van der Waals surface area contributed by atoms with Gasteiger partial charge in [0.1, 0.15) is 5.75 Å². The van der Waals surface area contributed by atoms with Gasteiger partial charge >= 0.3 is 5.97 Å². The Morgan fingerprint density at radius 1 is 1.32 bits per heavy atom. The lowest BCUT2D eigenvalue weighted by Crippen LogP contribution is -2.18. The van der Waals surface area contributed by atoms with Gasteiger partial charge in [0.2, 0.25) is 0 Å². The average Bonchev–Trinajstić information content (AvgIpc) is 2.38. The van der Waals surface area contributed by atoms with Crippen molar-refractivity contribution in [1.82, 2.24) is 0 Å². The van der Waals surface area contributed by atoms with Gasteiger partial charge in [0.05, 0.1) is 7.11 Å². The SMILES string of the molecule is COc1ccc2cccc3c2c1CC(CC(=O)O)C3. The van der Waals surface area contributed by atoms with E-state index in [1.807, 2.05) is 12.1 Å². The number of hydrogen-bond acceptors (Lipinski definition) is 2. The summed E-state index contributed by atoms with van der Waals surface area (Å²) in [6.07, 6.45) is 1.83. The van der Waals surface area contributed by atoms with Crippen LogP contribution in [0, 0.1) is 5.92 Å². The maximum Gasteiger partial charge on any atom is 0.303 e. The first-order valence-corrected chi connectivity index (χ1v) is 6.48. The number of carboxylic acids is 1. The van der Waals surface area contributed by atoms with Gasteiger partial charge in [-0.15, -0.1) is 0 Å². The van der Waals surface area contributed by atoms with Crippen LogP contribution in [0.4, 0.5) is 0 Å². The van der Waals surface area contributed by atoms with E-state index >= 15 is 0 Å². The zero-order valence-corrected chi connectivity index (χ0v) is 10.8. The molecule has 0 fully saturated rings. The fourth-order valence-electron chi connectivity index (χ4n) is 3.14. The maximum absolute atomic E-state index is 10.9. The maximum atomic E-state index is 10.9. The second-order valence-electron chi connectivity index (χ2n) is 5.13. The molecule has 1 atom stereocenters. The summed E-state index contributed by atoms with van der Waals surface area (Å²) >= 11 is 0. The molecule has 98 valence electrons. The molecule has 1 N–H and O–H groups in total. The molecule has 3 rings (SSSR count). The van der Waals surface area contributed by atoms with E-state index in [2.05, 4.69) is 18.2 Å². The van der Waals surface area contributed by atoms with Gasteiger partial charge in [-0.2, -0.15) is 0 Å². The minimum absolute atomic E-state index is 0.159. The Hall–Kier alpha value is -2.03. The van der Waals surface area contributed by atoms with Crippen LogP contribution in [0.2, 0.25) is 0 Å². The van der Waals surface area contributed by atoms with Crippen LogP contribution < -0.4 is 4.74 Å². The van der Waals surface area contributed by atoms with Crippen molar-refractivity contribution in [3.8, 4) is 5.75 Å². The fourth-order valence-corrected chi connectivity index (χ4v) is 3.14. The van der Waals surface area contributed by atoms with Gasteiger partial charge in [0, 0.05) is 12.0 Å². The monoisotopic (exact) mass is 256 g/mol. The Labute approximate surface area is 111 Å². The predicted molar refractivity (Wildman–Crippen MR) is 73.7 cm³/mol. The van der Waals surface area contributed by atoms with Crippen LogP contribution in [0.1, 0.15) is 17.5 Å². The molecule has 0 aliphatic heterocycles. The van der Waals surface area contributed by atoms with Gasteiger partial charge < -0.3 is 9.84 Å². The van der Waals surface area contributed by atoms with Crippen molar-refractivity contribution in [1.29, 1.82) is 0 Å². The molecule has 0 heterocycles. The minimum Gasteiger partial charge on any atom is -0.496 e. The molecule has 0 saturated carbocycles. The number of benzene rings is 2. The molecule has 1 unspecified atom stereocenters. The second-order valence-corrected chi connectivity index (χ2v) is 5.13. The van der Waals surface area contributed by atoms with E-state index in [1.54, 1.807) is 7.11 Å². The molecule has 0 saturated heterocycles. The van der Waals surface area contributed by atoms with Crippen molar-refractivity contribution >= 4 is 16.7 Å². The number of aliphatic carboxylic acids is 1. The molecule has 19 heavy (non-hydrogen) atoms. The van der Waals surface area contributed by atoms with Crippen LogP contribution in [-0.2, 0) is 17.6 Å². The standard InChI is InChI=1S/C16H16O3/c1-19-14-6-5-11-3-2-4-12-7-10(9-15(17)18)8-13(14)16(11)12/h2-6,10H,7-9H2,1H3,(H,17,18). The zero-order valence-electron chi connectivity index (χ0n) is 10.8. The van der Waals surface area contributed by atoms with E-state index in [1.165, 1.54) is 16.3 Å². The first kappa shape index (κ1) is 12.0. The molecule has 0 radical (unpaired) electrons. The molecule has 2 aromatic rings. The van der Waals surface area contributed by atoms with Crippen LogP contribution in [0.15, 0.2) is 30.3 Å². The van der Waals surface area contributed by atoms with Crippen LogP contribution in [0.3, 0.4) is 0 Å². The third-order valence-corrected chi connectivity index (χ3v) is 3.88. The van der Waals surface area contributed by atoms with Crippen LogP contribution in [-0.4, -0.2) is 18.2 Å². The average molecular weight is 256 g/mol. The number of carboxylic acid groups (broad SMARTS) is 1.